The average molecular weight is 349 g/mol. The van der Waals surface area contributed by atoms with Gasteiger partial charge in [0, 0.05) is 4.47 Å². The Kier molecular flexibility index (Phi) is 4.75. The predicted octanol–water partition coefficient (Wildman–Crippen LogP) is 3.76. The molecule has 0 amide bonds. The quantitative estimate of drug-likeness (QED) is 0.625. The summed E-state index contributed by atoms with van der Waals surface area (Å²) >= 11 is 3.37. The van der Waals surface area contributed by atoms with Crippen LogP contribution in [0.25, 0.3) is 0 Å². The molecule has 5 heteroatoms. The zero-order chi connectivity index (χ0) is 15.4. The van der Waals surface area contributed by atoms with Crippen molar-refractivity contribution in [3.05, 3.63) is 63.6 Å². The van der Waals surface area contributed by atoms with Crippen molar-refractivity contribution in [2.24, 2.45) is 0 Å². The average Bonchev–Trinajstić information content (AvgIpc) is 2.50. The number of ether oxygens (including phenoxy) is 2. The van der Waals surface area contributed by atoms with Gasteiger partial charge >= 0.3 is 11.9 Å². The molecule has 0 aromatic heterocycles. The van der Waals surface area contributed by atoms with Crippen LogP contribution >= 0.6 is 15.9 Å². The number of benzene rings is 2. The topological polar surface area (TPSA) is 52.6 Å². The van der Waals surface area contributed by atoms with E-state index in [2.05, 4.69) is 20.7 Å². The molecule has 0 saturated carbocycles. The molecule has 2 aromatic carbocycles. The van der Waals surface area contributed by atoms with Gasteiger partial charge in [0.1, 0.15) is 5.75 Å². The lowest BCUT2D eigenvalue weighted by molar-refractivity contribution is 0.0600. The van der Waals surface area contributed by atoms with Crippen LogP contribution in [0, 0.1) is 6.92 Å². The molecule has 0 heterocycles. The Hall–Kier alpha value is -2.14. The van der Waals surface area contributed by atoms with Crippen LogP contribution in [0.3, 0.4) is 0 Å². The Morgan fingerprint density at radius 2 is 1.57 bits per heavy atom. The first-order valence-corrected chi connectivity index (χ1v) is 6.97. The van der Waals surface area contributed by atoms with Crippen molar-refractivity contribution in [1.29, 1.82) is 0 Å². The lowest BCUT2D eigenvalue weighted by Crippen LogP contribution is -2.09. The maximum atomic E-state index is 12.0. The Balaban J connectivity index is 2.12. The van der Waals surface area contributed by atoms with Crippen LogP contribution in [0.15, 0.2) is 46.9 Å². The van der Waals surface area contributed by atoms with Crippen LogP contribution in [-0.4, -0.2) is 19.0 Å². The molecule has 4 nitrogen and oxygen atoms in total. The van der Waals surface area contributed by atoms with Crippen molar-refractivity contribution < 1.29 is 19.1 Å². The van der Waals surface area contributed by atoms with Crippen molar-refractivity contribution >= 4 is 27.9 Å². The van der Waals surface area contributed by atoms with E-state index in [1.165, 1.54) is 7.11 Å². The van der Waals surface area contributed by atoms with Crippen LogP contribution in [-0.2, 0) is 4.74 Å². The van der Waals surface area contributed by atoms with Crippen molar-refractivity contribution in [1.82, 2.24) is 0 Å². The molecule has 0 N–H and O–H groups in total. The van der Waals surface area contributed by atoms with Gasteiger partial charge in [0.15, 0.2) is 0 Å². The van der Waals surface area contributed by atoms with Gasteiger partial charge in [0.25, 0.3) is 0 Å². The highest BCUT2D eigenvalue weighted by molar-refractivity contribution is 9.10. The number of esters is 2. The maximum Gasteiger partial charge on any atom is 0.343 e. The van der Waals surface area contributed by atoms with E-state index in [-0.39, 0.29) is 0 Å². The van der Waals surface area contributed by atoms with Gasteiger partial charge < -0.3 is 9.47 Å². The van der Waals surface area contributed by atoms with Crippen molar-refractivity contribution in [2.45, 2.75) is 6.92 Å². The standard InChI is InChI=1S/C16H13BrO4/c1-10-3-4-12(9-14(10)17)16(19)21-13-7-5-11(6-8-13)15(18)20-2/h3-9H,1-2H3. The number of aryl methyl sites for hydroxylation is 1. The van der Waals surface area contributed by atoms with Gasteiger partial charge in [-0.1, -0.05) is 22.0 Å². The number of carbonyl (C=O) groups is 2. The molecule has 2 rings (SSSR count). The molecule has 0 unspecified atom stereocenters. The zero-order valence-electron chi connectivity index (χ0n) is 11.6. The first-order chi connectivity index (χ1) is 10.0. The summed E-state index contributed by atoms with van der Waals surface area (Å²) in [6.07, 6.45) is 0. The van der Waals surface area contributed by atoms with Gasteiger partial charge in [-0.2, -0.15) is 0 Å². The molecule has 0 fully saturated rings. The van der Waals surface area contributed by atoms with E-state index in [0.29, 0.717) is 16.9 Å². The fourth-order valence-electron chi connectivity index (χ4n) is 1.66. The van der Waals surface area contributed by atoms with E-state index in [1.54, 1.807) is 36.4 Å². The molecular formula is C16H13BrO4. The smallest absolute Gasteiger partial charge is 0.343 e. The van der Waals surface area contributed by atoms with Crippen LogP contribution in [0.5, 0.6) is 5.75 Å². The summed E-state index contributed by atoms with van der Waals surface area (Å²) < 4.78 is 10.7. The Morgan fingerprint density at radius 3 is 2.14 bits per heavy atom. The fraction of sp³-hybridized carbons (Fsp3) is 0.125. The Labute approximate surface area is 130 Å². The van der Waals surface area contributed by atoms with Crippen molar-refractivity contribution in [2.75, 3.05) is 7.11 Å². The van der Waals surface area contributed by atoms with Gasteiger partial charge in [0.05, 0.1) is 18.2 Å². The molecule has 0 aliphatic heterocycles. The van der Waals surface area contributed by atoms with Crippen LogP contribution in [0.2, 0.25) is 0 Å². The first-order valence-electron chi connectivity index (χ1n) is 6.18. The van der Waals surface area contributed by atoms with Gasteiger partial charge in [-0.15, -0.1) is 0 Å². The number of carbonyl (C=O) groups excluding carboxylic acids is 2. The highest BCUT2D eigenvalue weighted by Gasteiger charge is 2.11. The lowest BCUT2D eigenvalue weighted by atomic mass is 10.1. The van der Waals surface area contributed by atoms with E-state index in [0.717, 1.165) is 10.0 Å². The molecular weight excluding hydrogens is 336 g/mol. The molecule has 0 saturated heterocycles. The minimum absolute atomic E-state index is 0.365. The fourth-order valence-corrected chi connectivity index (χ4v) is 2.04. The van der Waals surface area contributed by atoms with E-state index >= 15 is 0 Å². The summed E-state index contributed by atoms with van der Waals surface area (Å²) in [6, 6.07) is 11.4. The molecule has 2 aromatic rings. The minimum Gasteiger partial charge on any atom is -0.465 e. The summed E-state index contributed by atoms with van der Waals surface area (Å²) in [5, 5.41) is 0. The summed E-state index contributed by atoms with van der Waals surface area (Å²) in [5.74, 6) is -0.527. The predicted molar refractivity (Wildman–Crippen MR) is 81.6 cm³/mol. The SMILES string of the molecule is COC(=O)c1ccc(OC(=O)c2ccc(C)c(Br)c2)cc1. The minimum atomic E-state index is -0.457. The number of rotatable bonds is 3. The van der Waals surface area contributed by atoms with Gasteiger partial charge in [-0.25, -0.2) is 9.59 Å². The summed E-state index contributed by atoms with van der Waals surface area (Å²) in [6.45, 7) is 1.94. The number of hydrogen-bond donors (Lipinski definition) is 0. The second-order valence-electron chi connectivity index (χ2n) is 4.37. The lowest BCUT2D eigenvalue weighted by Gasteiger charge is -2.06. The largest absolute Gasteiger partial charge is 0.465 e. The number of methoxy groups -OCH3 is 1. The second kappa shape index (κ2) is 6.54. The van der Waals surface area contributed by atoms with E-state index in [1.807, 2.05) is 13.0 Å². The van der Waals surface area contributed by atoms with Crippen LogP contribution in [0.1, 0.15) is 26.3 Å². The molecule has 108 valence electrons. The molecule has 0 atom stereocenters. The van der Waals surface area contributed by atoms with Crippen LogP contribution in [0.4, 0.5) is 0 Å². The highest BCUT2D eigenvalue weighted by Crippen LogP contribution is 2.19. The molecule has 0 radical (unpaired) electrons. The monoisotopic (exact) mass is 348 g/mol. The van der Waals surface area contributed by atoms with Gasteiger partial charge in [0.2, 0.25) is 0 Å². The second-order valence-corrected chi connectivity index (χ2v) is 5.22. The van der Waals surface area contributed by atoms with Crippen molar-refractivity contribution in [3.8, 4) is 5.75 Å². The Morgan fingerprint density at radius 1 is 0.952 bits per heavy atom. The van der Waals surface area contributed by atoms with Gasteiger partial charge in [-0.3, -0.25) is 0 Å². The normalized spacial score (nSPS) is 10.0. The zero-order valence-corrected chi connectivity index (χ0v) is 13.1. The van der Waals surface area contributed by atoms with E-state index in [4.69, 9.17) is 4.74 Å². The number of hydrogen-bond acceptors (Lipinski definition) is 4. The molecule has 0 spiro atoms. The van der Waals surface area contributed by atoms with Crippen LogP contribution < -0.4 is 4.74 Å². The highest BCUT2D eigenvalue weighted by atomic mass is 79.9. The number of halogens is 1. The molecule has 0 aliphatic rings. The summed E-state index contributed by atoms with van der Waals surface area (Å²) in [7, 11) is 1.31. The summed E-state index contributed by atoms with van der Waals surface area (Å²) in [4.78, 5) is 23.3. The van der Waals surface area contributed by atoms with Crippen molar-refractivity contribution in [3.63, 3.8) is 0 Å². The molecule has 0 aliphatic carbocycles. The third-order valence-electron chi connectivity index (χ3n) is 2.89. The molecule has 0 bridgehead atoms. The molecule has 21 heavy (non-hydrogen) atoms. The van der Waals surface area contributed by atoms with E-state index in [9.17, 15) is 9.59 Å². The third-order valence-corrected chi connectivity index (χ3v) is 3.75. The summed E-state index contributed by atoms with van der Waals surface area (Å²) in [5.41, 5.74) is 1.88. The third kappa shape index (κ3) is 3.70. The van der Waals surface area contributed by atoms with E-state index < -0.39 is 11.9 Å². The van der Waals surface area contributed by atoms with Gasteiger partial charge in [-0.05, 0) is 48.9 Å². The Bertz CT molecular complexity index is 677. The first kappa shape index (κ1) is 15.3. The maximum absolute atomic E-state index is 12.0.